The van der Waals surface area contributed by atoms with Crippen LogP contribution in [-0.4, -0.2) is 25.6 Å². The third-order valence-electron chi connectivity index (χ3n) is 3.29. The van der Waals surface area contributed by atoms with Crippen molar-refractivity contribution in [2.75, 3.05) is 19.0 Å². The number of methoxy groups -OCH3 is 1. The summed E-state index contributed by atoms with van der Waals surface area (Å²) in [6.07, 6.45) is 0. The van der Waals surface area contributed by atoms with Gasteiger partial charge in [0.2, 0.25) is 0 Å². The topological polar surface area (TPSA) is 88.4 Å². The van der Waals surface area contributed by atoms with E-state index in [1.54, 1.807) is 49.4 Å². The Morgan fingerprint density at radius 3 is 2.50 bits per heavy atom. The van der Waals surface area contributed by atoms with Gasteiger partial charge >= 0.3 is 5.97 Å². The van der Waals surface area contributed by atoms with Crippen molar-refractivity contribution in [3.63, 3.8) is 0 Å². The van der Waals surface area contributed by atoms with E-state index in [4.69, 9.17) is 14.7 Å². The Morgan fingerprint density at radius 1 is 1.17 bits per heavy atom. The molecule has 0 bridgehead atoms. The van der Waals surface area contributed by atoms with Crippen molar-refractivity contribution in [2.45, 2.75) is 6.92 Å². The van der Waals surface area contributed by atoms with Crippen molar-refractivity contribution in [3.05, 3.63) is 59.2 Å². The summed E-state index contributed by atoms with van der Waals surface area (Å²) in [5.74, 6) is -0.451. The number of amides is 1. The number of rotatable bonds is 5. The molecule has 6 heteroatoms. The van der Waals surface area contributed by atoms with Crippen LogP contribution >= 0.6 is 0 Å². The number of esters is 1. The minimum absolute atomic E-state index is 0.222. The van der Waals surface area contributed by atoms with E-state index in [1.807, 2.05) is 6.07 Å². The van der Waals surface area contributed by atoms with Crippen LogP contribution in [0.1, 0.15) is 21.5 Å². The fraction of sp³-hybridized carbons (Fsp3) is 0.167. The summed E-state index contributed by atoms with van der Waals surface area (Å²) >= 11 is 0. The summed E-state index contributed by atoms with van der Waals surface area (Å²) in [4.78, 5) is 23.9. The van der Waals surface area contributed by atoms with E-state index in [0.717, 1.165) is 0 Å². The van der Waals surface area contributed by atoms with Gasteiger partial charge in [-0.3, -0.25) is 4.79 Å². The highest BCUT2D eigenvalue weighted by Crippen LogP contribution is 2.20. The second-order valence-corrected chi connectivity index (χ2v) is 4.96. The van der Waals surface area contributed by atoms with E-state index < -0.39 is 11.9 Å². The number of carbonyl (C=O) groups excluding carboxylic acids is 2. The lowest BCUT2D eigenvalue weighted by Gasteiger charge is -2.12. The minimum atomic E-state index is -0.517. The maximum absolute atomic E-state index is 12.0. The fourth-order valence-electron chi connectivity index (χ4n) is 2.11. The number of anilines is 1. The smallest absolute Gasteiger partial charge is 0.340 e. The fourth-order valence-corrected chi connectivity index (χ4v) is 2.11. The first-order valence-corrected chi connectivity index (χ1v) is 7.16. The molecule has 0 aliphatic heterocycles. The molecule has 0 aliphatic rings. The van der Waals surface area contributed by atoms with E-state index in [9.17, 15) is 9.59 Å². The standard InChI is InChI=1S/C18H16N2O4/c1-12-4-3-5-15(17(12)18(22)23-2)20-16(21)11-24-14-8-6-13(10-19)7-9-14/h3-9H,11H2,1-2H3,(H,20,21). The van der Waals surface area contributed by atoms with Crippen molar-refractivity contribution in [1.29, 1.82) is 5.26 Å². The monoisotopic (exact) mass is 324 g/mol. The normalized spacial score (nSPS) is 9.71. The van der Waals surface area contributed by atoms with Gasteiger partial charge in [0.15, 0.2) is 6.61 Å². The Hall–Kier alpha value is -3.33. The number of nitriles is 1. The maximum Gasteiger partial charge on any atom is 0.340 e. The van der Waals surface area contributed by atoms with Crippen LogP contribution in [0, 0.1) is 18.3 Å². The average Bonchev–Trinajstić information content (AvgIpc) is 2.60. The highest BCUT2D eigenvalue weighted by Gasteiger charge is 2.16. The minimum Gasteiger partial charge on any atom is -0.484 e. The second kappa shape index (κ2) is 7.79. The van der Waals surface area contributed by atoms with Gasteiger partial charge in [-0.05, 0) is 42.8 Å². The van der Waals surface area contributed by atoms with Gasteiger partial charge in [0.1, 0.15) is 5.75 Å². The first-order valence-electron chi connectivity index (χ1n) is 7.16. The number of carbonyl (C=O) groups is 2. The van der Waals surface area contributed by atoms with E-state index in [0.29, 0.717) is 28.1 Å². The number of hydrogen-bond donors (Lipinski definition) is 1. The van der Waals surface area contributed by atoms with Crippen LogP contribution in [0.4, 0.5) is 5.69 Å². The molecule has 0 unspecified atom stereocenters. The molecule has 0 saturated carbocycles. The van der Waals surface area contributed by atoms with Gasteiger partial charge in [0.05, 0.1) is 30.0 Å². The van der Waals surface area contributed by atoms with E-state index in [2.05, 4.69) is 5.32 Å². The second-order valence-electron chi connectivity index (χ2n) is 4.96. The van der Waals surface area contributed by atoms with Crippen molar-refractivity contribution < 1.29 is 19.1 Å². The molecule has 0 radical (unpaired) electrons. The summed E-state index contributed by atoms with van der Waals surface area (Å²) in [7, 11) is 1.29. The summed E-state index contributed by atoms with van der Waals surface area (Å²) in [5, 5.41) is 11.4. The lowest BCUT2D eigenvalue weighted by atomic mass is 10.1. The Morgan fingerprint density at radius 2 is 1.88 bits per heavy atom. The van der Waals surface area contributed by atoms with Crippen LogP contribution in [0.5, 0.6) is 5.75 Å². The molecular weight excluding hydrogens is 308 g/mol. The average molecular weight is 324 g/mol. The predicted molar refractivity (Wildman–Crippen MR) is 87.8 cm³/mol. The molecule has 1 amide bonds. The van der Waals surface area contributed by atoms with Gasteiger partial charge in [-0.2, -0.15) is 5.26 Å². The third kappa shape index (κ3) is 4.11. The molecule has 0 atom stereocenters. The number of hydrogen-bond acceptors (Lipinski definition) is 5. The van der Waals surface area contributed by atoms with E-state index in [-0.39, 0.29) is 6.61 Å². The molecule has 6 nitrogen and oxygen atoms in total. The lowest BCUT2D eigenvalue weighted by molar-refractivity contribution is -0.118. The van der Waals surface area contributed by atoms with Gasteiger partial charge in [0, 0.05) is 0 Å². The Bertz CT molecular complexity index is 792. The molecule has 0 fully saturated rings. The Kier molecular flexibility index (Phi) is 5.53. The van der Waals surface area contributed by atoms with E-state index in [1.165, 1.54) is 7.11 Å². The molecule has 0 heterocycles. The molecule has 2 rings (SSSR count). The molecule has 0 saturated heterocycles. The van der Waals surface area contributed by atoms with Crippen LogP contribution in [0.25, 0.3) is 0 Å². The first kappa shape index (κ1) is 17.0. The summed E-state index contributed by atoms with van der Waals surface area (Å²) in [5.41, 5.74) is 1.89. The number of aryl methyl sites for hydroxylation is 1. The predicted octanol–water partition coefficient (Wildman–Crippen LogP) is 2.67. The van der Waals surface area contributed by atoms with Crippen LogP contribution in [0.3, 0.4) is 0 Å². The van der Waals surface area contributed by atoms with Gasteiger partial charge in [0.25, 0.3) is 5.91 Å². The zero-order valence-electron chi connectivity index (χ0n) is 13.3. The van der Waals surface area contributed by atoms with E-state index >= 15 is 0 Å². The Balaban J connectivity index is 2.03. The number of benzene rings is 2. The molecule has 1 N–H and O–H groups in total. The van der Waals surface area contributed by atoms with Gasteiger partial charge < -0.3 is 14.8 Å². The number of ether oxygens (including phenoxy) is 2. The van der Waals surface area contributed by atoms with Crippen molar-refractivity contribution >= 4 is 17.6 Å². The zero-order chi connectivity index (χ0) is 17.5. The number of nitrogens with zero attached hydrogens (tertiary/aromatic N) is 1. The van der Waals surface area contributed by atoms with Crippen molar-refractivity contribution in [3.8, 4) is 11.8 Å². The molecule has 2 aromatic carbocycles. The quantitative estimate of drug-likeness (QED) is 0.854. The van der Waals surface area contributed by atoms with Gasteiger partial charge in [-0.25, -0.2) is 4.79 Å². The molecule has 0 aliphatic carbocycles. The zero-order valence-corrected chi connectivity index (χ0v) is 13.3. The highest BCUT2D eigenvalue weighted by molar-refractivity contribution is 6.02. The SMILES string of the molecule is COC(=O)c1c(C)cccc1NC(=O)COc1ccc(C#N)cc1. The summed E-state index contributed by atoms with van der Waals surface area (Å²) in [6.45, 7) is 1.54. The lowest BCUT2D eigenvalue weighted by Crippen LogP contribution is -2.22. The molecule has 0 aromatic heterocycles. The van der Waals surface area contributed by atoms with Crippen LogP contribution in [0.2, 0.25) is 0 Å². The van der Waals surface area contributed by atoms with Crippen molar-refractivity contribution in [1.82, 2.24) is 0 Å². The van der Waals surface area contributed by atoms with Crippen LogP contribution < -0.4 is 10.1 Å². The maximum atomic E-state index is 12.0. The molecular formula is C18H16N2O4. The van der Waals surface area contributed by atoms with Crippen molar-refractivity contribution in [2.24, 2.45) is 0 Å². The molecule has 2 aromatic rings. The Labute approximate surface area is 139 Å². The van der Waals surface area contributed by atoms with Gasteiger partial charge in [-0.15, -0.1) is 0 Å². The molecule has 122 valence electrons. The van der Waals surface area contributed by atoms with Crippen LogP contribution in [0.15, 0.2) is 42.5 Å². The first-order chi connectivity index (χ1) is 11.5. The third-order valence-corrected chi connectivity index (χ3v) is 3.29. The summed E-state index contributed by atoms with van der Waals surface area (Å²) < 4.78 is 10.1. The molecule has 24 heavy (non-hydrogen) atoms. The molecule has 0 spiro atoms. The summed E-state index contributed by atoms with van der Waals surface area (Å²) in [6, 6.07) is 13.5. The largest absolute Gasteiger partial charge is 0.484 e. The van der Waals surface area contributed by atoms with Crippen LogP contribution in [-0.2, 0) is 9.53 Å². The highest BCUT2D eigenvalue weighted by atomic mass is 16.5. The van der Waals surface area contributed by atoms with Gasteiger partial charge in [-0.1, -0.05) is 12.1 Å². The number of nitrogens with one attached hydrogen (secondary N) is 1.